The molecule has 0 aliphatic carbocycles. The van der Waals surface area contributed by atoms with E-state index < -0.39 is 32.6 Å². The van der Waals surface area contributed by atoms with Gasteiger partial charge < -0.3 is 4.42 Å². The van der Waals surface area contributed by atoms with Crippen LogP contribution in [0.15, 0.2) is 45.7 Å². The highest BCUT2D eigenvalue weighted by molar-refractivity contribution is 7.90. The van der Waals surface area contributed by atoms with Gasteiger partial charge in [-0.3, -0.25) is 4.79 Å². The van der Waals surface area contributed by atoms with Crippen LogP contribution in [0.25, 0.3) is 0 Å². The third-order valence-electron chi connectivity index (χ3n) is 2.87. The summed E-state index contributed by atoms with van der Waals surface area (Å²) < 4.78 is 68.2. The molecule has 2 aromatic rings. The number of rotatable bonds is 4. The first-order valence-corrected chi connectivity index (χ1v) is 7.84. The van der Waals surface area contributed by atoms with Gasteiger partial charge in [0, 0.05) is 0 Å². The smallest absolute Gasteiger partial charge is 0.416 e. The lowest BCUT2D eigenvalue weighted by Gasteiger charge is -2.09. The highest BCUT2D eigenvalue weighted by Gasteiger charge is 2.30. The van der Waals surface area contributed by atoms with Crippen LogP contribution in [0.3, 0.4) is 0 Å². The number of hydrogen-bond acceptors (Lipinski definition) is 4. The van der Waals surface area contributed by atoms with Gasteiger partial charge in [-0.25, -0.2) is 13.1 Å². The number of benzene rings is 1. The zero-order chi connectivity index (χ0) is 17.3. The van der Waals surface area contributed by atoms with E-state index in [0.29, 0.717) is 17.9 Å². The van der Waals surface area contributed by atoms with Gasteiger partial charge >= 0.3 is 6.18 Å². The maximum atomic E-state index is 12.4. The molecule has 1 heterocycles. The van der Waals surface area contributed by atoms with Crippen molar-refractivity contribution in [1.29, 1.82) is 0 Å². The fourth-order valence-electron chi connectivity index (χ4n) is 1.81. The van der Waals surface area contributed by atoms with E-state index in [2.05, 4.69) is 0 Å². The van der Waals surface area contributed by atoms with Gasteiger partial charge in [-0.05, 0) is 43.3 Å². The number of hydrogen-bond donors (Lipinski definition) is 1. The zero-order valence-electron chi connectivity index (χ0n) is 11.8. The van der Waals surface area contributed by atoms with Crippen molar-refractivity contribution in [3.05, 3.63) is 53.5 Å². The van der Waals surface area contributed by atoms with Gasteiger partial charge in [-0.1, -0.05) is 0 Å². The standard InChI is InChI=1S/C14H12F3NO4S/c1-9-2-5-11(22-9)8-13(19)18-23(20,21)12-6-3-10(4-7-12)14(15,16)17/h2-7H,8H2,1H3,(H,18,19). The van der Waals surface area contributed by atoms with Crippen LogP contribution >= 0.6 is 0 Å². The molecule has 5 nitrogen and oxygen atoms in total. The van der Waals surface area contributed by atoms with Gasteiger partial charge in [0.05, 0.1) is 16.9 Å². The van der Waals surface area contributed by atoms with Crippen LogP contribution in [0.1, 0.15) is 17.1 Å². The second-order valence-electron chi connectivity index (χ2n) is 4.74. The monoisotopic (exact) mass is 347 g/mol. The van der Waals surface area contributed by atoms with E-state index in [-0.39, 0.29) is 12.2 Å². The Balaban J connectivity index is 2.10. The molecule has 124 valence electrons. The first kappa shape index (κ1) is 17.1. The lowest BCUT2D eigenvalue weighted by Crippen LogP contribution is -2.31. The Morgan fingerprint density at radius 2 is 1.74 bits per heavy atom. The second-order valence-corrected chi connectivity index (χ2v) is 6.42. The van der Waals surface area contributed by atoms with Crippen molar-refractivity contribution in [2.45, 2.75) is 24.4 Å². The molecule has 0 atom stereocenters. The molecule has 1 aromatic heterocycles. The second kappa shape index (κ2) is 6.07. The fourth-order valence-corrected chi connectivity index (χ4v) is 2.79. The summed E-state index contributed by atoms with van der Waals surface area (Å²) in [5.74, 6) is 0.000244. The van der Waals surface area contributed by atoms with Crippen molar-refractivity contribution >= 4 is 15.9 Å². The predicted molar refractivity (Wildman–Crippen MR) is 73.9 cm³/mol. The number of sulfonamides is 1. The highest BCUT2D eigenvalue weighted by atomic mass is 32.2. The van der Waals surface area contributed by atoms with E-state index in [1.54, 1.807) is 17.7 Å². The molecule has 0 saturated carbocycles. The molecule has 0 unspecified atom stereocenters. The predicted octanol–water partition coefficient (Wildman–Crippen LogP) is 2.65. The number of alkyl halides is 3. The maximum Gasteiger partial charge on any atom is 0.416 e. The first-order valence-electron chi connectivity index (χ1n) is 6.36. The molecule has 0 fully saturated rings. The molecule has 0 saturated heterocycles. The molecule has 0 radical (unpaired) electrons. The van der Waals surface area contributed by atoms with Crippen LogP contribution in [-0.4, -0.2) is 14.3 Å². The van der Waals surface area contributed by atoms with Crippen LogP contribution < -0.4 is 4.72 Å². The average Bonchev–Trinajstić information content (AvgIpc) is 2.82. The van der Waals surface area contributed by atoms with Crippen LogP contribution in [0.4, 0.5) is 13.2 Å². The molecule has 1 N–H and O–H groups in total. The molecule has 1 amide bonds. The number of carbonyl (C=O) groups is 1. The van der Waals surface area contributed by atoms with E-state index >= 15 is 0 Å². The third kappa shape index (κ3) is 4.35. The Kier molecular flexibility index (Phi) is 4.51. The lowest BCUT2D eigenvalue weighted by atomic mass is 10.2. The molecule has 23 heavy (non-hydrogen) atoms. The summed E-state index contributed by atoms with van der Waals surface area (Å²) in [4.78, 5) is 11.3. The summed E-state index contributed by atoms with van der Waals surface area (Å²) in [7, 11) is -4.24. The minimum Gasteiger partial charge on any atom is -0.466 e. The lowest BCUT2D eigenvalue weighted by molar-refractivity contribution is -0.137. The largest absolute Gasteiger partial charge is 0.466 e. The number of furan rings is 1. The Bertz CT molecular complexity index is 807. The summed E-state index contributed by atoms with van der Waals surface area (Å²) in [5.41, 5.74) is -0.978. The van der Waals surface area contributed by atoms with E-state index in [1.165, 1.54) is 6.07 Å². The van der Waals surface area contributed by atoms with Gasteiger partial charge in [0.25, 0.3) is 10.0 Å². The normalized spacial score (nSPS) is 12.2. The van der Waals surface area contributed by atoms with Gasteiger partial charge in [-0.15, -0.1) is 0 Å². The SMILES string of the molecule is Cc1ccc(CC(=O)NS(=O)(=O)c2ccc(C(F)(F)F)cc2)o1. The molecular formula is C14H12F3NO4S. The topological polar surface area (TPSA) is 76.4 Å². The van der Waals surface area contributed by atoms with Crippen molar-refractivity contribution in [2.24, 2.45) is 0 Å². The Labute approximate surface area is 130 Å². The van der Waals surface area contributed by atoms with E-state index in [4.69, 9.17) is 4.42 Å². The summed E-state index contributed by atoms with van der Waals surface area (Å²) in [6.07, 6.45) is -4.86. The number of amides is 1. The fraction of sp³-hybridized carbons (Fsp3) is 0.214. The Morgan fingerprint density at radius 3 is 2.22 bits per heavy atom. The van der Waals surface area contributed by atoms with Crippen molar-refractivity contribution in [2.75, 3.05) is 0 Å². The number of halogens is 3. The first-order chi connectivity index (χ1) is 10.6. The van der Waals surface area contributed by atoms with Crippen LogP contribution in [0.5, 0.6) is 0 Å². The Hall–Kier alpha value is -2.29. The zero-order valence-corrected chi connectivity index (χ0v) is 12.7. The van der Waals surface area contributed by atoms with Crippen molar-refractivity contribution in [3.63, 3.8) is 0 Å². The number of carbonyl (C=O) groups excluding carboxylic acids is 1. The average molecular weight is 347 g/mol. The molecule has 0 aliphatic rings. The van der Waals surface area contributed by atoms with Crippen molar-refractivity contribution in [3.8, 4) is 0 Å². The van der Waals surface area contributed by atoms with E-state index in [1.807, 2.05) is 0 Å². The minimum absolute atomic E-state index is 0.280. The van der Waals surface area contributed by atoms with Crippen LogP contribution in [-0.2, 0) is 27.4 Å². The van der Waals surface area contributed by atoms with E-state index in [9.17, 15) is 26.4 Å². The molecule has 2 rings (SSSR count). The minimum atomic E-state index is -4.57. The summed E-state index contributed by atoms with van der Waals surface area (Å²) in [6.45, 7) is 1.67. The molecular weight excluding hydrogens is 335 g/mol. The Morgan fingerprint density at radius 1 is 1.13 bits per heavy atom. The van der Waals surface area contributed by atoms with Gasteiger partial charge in [0.2, 0.25) is 5.91 Å². The van der Waals surface area contributed by atoms with Crippen molar-refractivity contribution in [1.82, 2.24) is 4.72 Å². The molecule has 0 bridgehead atoms. The molecule has 0 spiro atoms. The van der Waals surface area contributed by atoms with Crippen LogP contribution in [0.2, 0.25) is 0 Å². The summed E-state index contributed by atoms with van der Waals surface area (Å²) >= 11 is 0. The van der Waals surface area contributed by atoms with Gasteiger partial charge in [0.15, 0.2) is 0 Å². The number of nitrogens with one attached hydrogen (secondary N) is 1. The summed E-state index contributed by atoms with van der Waals surface area (Å²) in [6, 6.07) is 5.99. The molecule has 0 aliphatic heterocycles. The van der Waals surface area contributed by atoms with E-state index in [0.717, 1.165) is 12.1 Å². The number of aryl methyl sites for hydroxylation is 1. The van der Waals surface area contributed by atoms with Gasteiger partial charge in [-0.2, -0.15) is 13.2 Å². The van der Waals surface area contributed by atoms with Gasteiger partial charge in [0.1, 0.15) is 11.5 Å². The van der Waals surface area contributed by atoms with Crippen molar-refractivity contribution < 1.29 is 30.8 Å². The summed E-state index contributed by atoms with van der Waals surface area (Å²) in [5, 5.41) is 0. The molecule has 1 aromatic carbocycles. The third-order valence-corrected chi connectivity index (χ3v) is 4.26. The molecule has 9 heteroatoms. The highest BCUT2D eigenvalue weighted by Crippen LogP contribution is 2.29. The maximum absolute atomic E-state index is 12.4. The van der Waals surface area contributed by atoms with Crippen LogP contribution in [0, 0.1) is 6.92 Å². The quantitative estimate of drug-likeness (QED) is 0.922.